The normalized spacial score (nSPS) is 16.9. The van der Waals surface area contributed by atoms with Gasteiger partial charge < -0.3 is 35.4 Å². The van der Waals surface area contributed by atoms with Crippen molar-refractivity contribution in [3.05, 3.63) is 35.9 Å². The first-order chi connectivity index (χ1) is 20.5. The predicted octanol–water partition coefficient (Wildman–Crippen LogP) is 1.94. The summed E-state index contributed by atoms with van der Waals surface area (Å²) in [6.45, 7) is 0.999. The van der Waals surface area contributed by atoms with E-state index in [1.165, 1.54) is 4.90 Å². The SMILES string of the molecule is C#CCC(O)[C@H](O)C(CC1CCCCC1)NC(=O)[C@H](CC#C)NC(=O)C(Cc1ccccc1)OC(=O)N(C)CCN(C)C. The summed E-state index contributed by atoms with van der Waals surface area (Å²) in [5.74, 6) is 3.76. The molecule has 3 amide bonds. The third kappa shape index (κ3) is 12.7. The number of amides is 3. The van der Waals surface area contributed by atoms with Crippen LogP contribution in [0.15, 0.2) is 30.3 Å². The molecule has 0 spiro atoms. The number of carbonyl (C=O) groups excluding carboxylic acids is 3. The molecule has 1 aliphatic rings. The first-order valence-electron chi connectivity index (χ1n) is 15.0. The highest BCUT2D eigenvalue weighted by Crippen LogP contribution is 2.28. The number of carbonyl (C=O) groups is 3. The van der Waals surface area contributed by atoms with Gasteiger partial charge in [0.2, 0.25) is 5.91 Å². The van der Waals surface area contributed by atoms with Crippen LogP contribution < -0.4 is 10.6 Å². The average molecular weight is 597 g/mol. The smallest absolute Gasteiger partial charge is 0.410 e. The molecule has 0 aromatic heterocycles. The van der Waals surface area contributed by atoms with Crippen LogP contribution in [0.4, 0.5) is 4.79 Å². The molecule has 2 rings (SSSR count). The van der Waals surface area contributed by atoms with Crippen molar-refractivity contribution in [2.45, 2.75) is 88.2 Å². The average Bonchev–Trinajstić information content (AvgIpc) is 2.99. The minimum atomic E-state index is -1.30. The quantitative estimate of drug-likeness (QED) is 0.215. The highest BCUT2D eigenvalue weighted by molar-refractivity contribution is 5.90. The third-order valence-corrected chi connectivity index (χ3v) is 7.72. The number of benzene rings is 1. The second kappa shape index (κ2) is 18.9. The fourth-order valence-corrected chi connectivity index (χ4v) is 5.12. The number of aliphatic hydroxyl groups excluding tert-OH is 2. The van der Waals surface area contributed by atoms with Crippen LogP contribution >= 0.6 is 0 Å². The lowest BCUT2D eigenvalue weighted by molar-refractivity contribution is -0.135. The fourth-order valence-electron chi connectivity index (χ4n) is 5.12. The fraction of sp³-hybridized carbons (Fsp3) is 0.606. The molecule has 236 valence electrons. The molecule has 1 aromatic carbocycles. The van der Waals surface area contributed by atoms with E-state index in [2.05, 4.69) is 22.5 Å². The predicted molar refractivity (Wildman–Crippen MR) is 166 cm³/mol. The zero-order chi connectivity index (χ0) is 31.8. The minimum Gasteiger partial charge on any atom is -0.436 e. The van der Waals surface area contributed by atoms with E-state index < -0.39 is 48.3 Å². The molecule has 10 heteroatoms. The number of ether oxygens (including phenoxy) is 1. The van der Waals surface area contributed by atoms with Gasteiger partial charge in [-0.1, -0.05) is 62.4 Å². The van der Waals surface area contributed by atoms with Crippen LogP contribution in [0.25, 0.3) is 0 Å². The van der Waals surface area contributed by atoms with Crippen LogP contribution in [0.1, 0.15) is 56.9 Å². The Morgan fingerprint density at radius 2 is 1.60 bits per heavy atom. The minimum absolute atomic E-state index is 0.0712. The van der Waals surface area contributed by atoms with Gasteiger partial charge in [-0.25, -0.2) is 4.79 Å². The summed E-state index contributed by atoms with van der Waals surface area (Å²) in [5, 5.41) is 26.8. The Bertz CT molecular complexity index is 1090. The number of rotatable bonds is 16. The van der Waals surface area contributed by atoms with Crippen molar-refractivity contribution in [2.75, 3.05) is 34.2 Å². The van der Waals surface area contributed by atoms with Crippen LogP contribution in [0.5, 0.6) is 0 Å². The van der Waals surface area contributed by atoms with Crippen molar-refractivity contribution in [1.29, 1.82) is 0 Å². The Morgan fingerprint density at radius 3 is 2.21 bits per heavy atom. The Morgan fingerprint density at radius 1 is 0.953 bits per heavy atom. The maximum Gasteiger partial charge on any atom is 0.410 e. The molecule has 1 fully saturated rings. The number of hydrogen-bond donors (Lipinski definition) is 4. The van der Waals surface area contributed by atoms with Gasteiger partial charge in [-0.3, -0.25) is 9.59 Å². The number of aliphatic hydroxyl groups is 2. The molecule has 3 unspecified atom stereocenters. The molecule has 0 bridgehead atoms. The zero-order valence-electron chi connectivity index (χ0n) is 25.7. The highest BCUT2D eigenvalue weighted by atomic mass is 16.6. The Kier molecular flexibility index (Phi) is 15.6. The number of terminal acetylenes is 2. The summed E-state index contributed by atoms with van der Waals surface area (Å²) < 4.78 is 5.63. The number of nitrogens with zero attached hydrogens (tertiary/aromatic N) is 2. The molecule has 1 aliphatic carbocycles. The molecule has 1 saturated carbocycles. The van der Waals surface area contributed by atoms with E-state index in [1.807, 2.05) is 49.3 Å². The highest BCUT2D eigenvalue weighted by Gasteiger charge is 2.34. The van der Waals surface area contributed by atoms with E-state index >= 15 is 0 Å². The van der Waals surface area contributed by atoms with Crippen LogP contribution in [-0.2, 0) is 20.7 Å². The standard InChI is InChI=1S/C33H48N4O6/c1-6-14-26(31(40)35-27(30(39)28(38)15-7-2)22-24-16-10-8-11-17-24)34-32(41)29(23-25-18-12-9-13-19-25)43-33(42)37(5)21-20-36(3)4/h1-2,9,12-13,18-19,24,26-30,38-39H,8,10-11,14-17,20-23H2,3-5H3,(H,34,41)(H,35,40)/t26-,27?,28?,29?,30+/m0/s1. The summed E-state index contributed by atoms with van der Waals surface area (Å²) in [6, 6.07) is 7.15. The second-order valence-corrected chi connectivity index (χ2v) is 11.6. The van der Waals surface area contributed by atoms with Gasteiger partial charge in [-0.2, -0.15) is 0 Å². The van der Waals surface area contributed by atoms with E-state index in [4.69, 9.17) is 17.6 Å². The first kappa shape index (κ1) is 35.6. The van der Waals surface area contributed by atoms with Crippen molar-refractivity contribution in [2.24, 2.45) is 5.92 Å². The molecule has 43 heavy (non-hydrogen) atoms. The van der Waals surface area contributed by atoms with Crippen LogP contribution in [0.2, 0.25) is 0 Å². The van der Waals surface area contributed by atoms with Crippen molar-refractivity contribution < 1.29 is 29.3 Å². The largest absolute Gasteiger partial charge is 0.436 e. The van der Waals surface area contributed by atoms with Gasteiger partial charge in [-0.15, -0.1) is 24.7 Å². The van der Waals surface area contributed by atoms with Gasteiger partial charge in [0, 0.05) is 39.4 Å². The monoisotopic (exact) mass is 596 g/mol. The molecule has 5 atom stereocenters. The Hall–Kier alpha value is -3.57. The molecule has 1 aromatic rings. The van der Waals surface area contributed by atoms with Gasteiger partial charge in [0.1, 0.15) is 12.1 Å². The lowest BCUT2D eigenvalue weighted by Crippen LogP contribution is -2.56. The second-order valence-electron chi connectivity index (χ2n) is 11.6. The van der Waals surface area contributed by atoms with E-state index in [0.717, 1.165) is 37.7 Å². The van der Waals surface area contributed by atoms with Gasteiger partial charge >= 0.3 is 6.09 Å². The maximum absolute atomic E-state index is 13.5. The van der Waals surface area contributed by atoms with Gasteiger partial charge in [0.05, 0.1) is 12.1 Å². The number of nitrogens with one attached hydrogen (secondary N) is 2. The van der Waals surface area contributed by atoms with Gasteiger partial charge in [-0.05, 0) is 32.0 Å². The molecule has 0 aliphatic heterocycles. The van der Waals surface area contributed by atoms with Crippen LogP contribution in [0.3, 0.4) is 0 Å². The van der Waals surface area contributed by atoms with E-state index in [1.54, 1.807) is 7.05 Å². The van der Waals surface area contributed by atoms with E-state index in [9.17, 15) is 24.6 Å². The molecule has 4 N–H and O–H groups in total. The summed E-state index contributed by atoms with van der Waals surface area (Å²) in [6.07, 6.45) is 12.0. The topological polar surface area (TPSA) is 131 Å². The molecular formula is C33H48N4O6. The van der Waals surface area contributed by atoms with E-state index in [-0.39, 0.29) is 25.2 Å². The molecule has 0 saturated heterocycles. The number of hydrogen-bond acceptors (Lipinski definition) is 7. The van der Waals surface area contributed by atoms with Crippen molar-refractivity contribution in [3.8, 4) is 24.7 Å². The zero-order valence-corrected chi connectivity index (χ0v) is 25.7. The van der Waals surface area contributed by atoms with Crippen molar-refractivity contribution in [1.82, 2.24) is 20.4 Å². The number of likely N-dealkylation sites (N-methyl/N-ethyl adjacent to an activating group) is 2. The van der Waals surface area contributed by atoms with Crippen LogP contribution in [-0.4, -0.2) is 103 Å². The molecule has 10 nitrogen and oxygen atoms in total. The Labute approximate surface area is 256 Å². The molecular weight excluding hydrogens is 548 g/mol. The summed E-state index contributed by atoms with van der Waals surface area (Å²) >= 11 is 0. The molecule has 0 radical (unpaired) electrons. The lowest BCUT2D eigenvalue weighted by Gasteiger charge is -2.33. The maximum atomic E-state index is 13.5. The Balaban J connectivity index is 2.20. The first-order valence-corrected chi connectivity index (χ1v) is 15.0. The van der Waals surface area contributed by atoms with Crippen LogP contribution in [0, 0.1) is 30.6 Å². The summed E-state index contributed by atoms with van der Waals surface area (Å²) in [5.41, 5.74) is 0.766. The van der Waals surface area contributed by atoms with Gasteiger partial charge in [0.25, 0.3) is 5.91 Å². The van der Waals surface area contributed by atoms with Crippen molar-refractivity contribution >= 4 is 17.9 Å². The van der Waals surface area contributed by atoms with E-state index in [0.29, 0.717) is 19.5 Å². The lowest BCUT2D eigenvalue weighted by atomic mass is 9.82. The summed E-state index contributed by atoms with van der Waals surface area (Å²) in [7, 11) is 5.36. The third-order valence-electron chi connectivity index (χ3n) is 7.72. The van der Waals surface area contributed by atoms with Crippen molar-refractivity contribution in [3.63, 3.8) is 0 Å². The summed E-state index contributed by atoms with van der Waals surface area (Å²) in [4.78, 5) is 43.2. The molecule has 0 heterocycles. The van der Waals surface area contributed by atoms with Gasteiger partial charge in [0.15, 0.2) is 6.10 Å².